The summed E-state index contributed by atoms with van der Waals surface area (Å²) in [6, 6.07) is 4.78. The predicted octanol–water partition coefficient (Wildman–Crippen LogP) is 2.82. The van der Waals surface area contributed by atoms with Gasteiger partial charge >= 0.3 is 0 Å². The van der Waals surface area contributed by atoms with E-state index >= 15 is 0 Å². The Morgan fingerprint density at radius 3 is 2.22 bits per heavy atom. The van der Waals surface area contributed by atoms with Gasteiger partial charge < -0.3 is 5.32 Å². The molecule has 98 valence electrons. The average Bonchev–Trinajstić information content (AvgIpc) is 2.28. The molecular weight excluding hydrogens is 250 g/mol. The van der Waals surface area contributed by atoms with Gasteiger partial charge in [0.2, 0.25) is 5.24 Å². The second-order valence-corrected chi connectivity index (χ2v) is 5.17. The largest absolute Gasteiger partial charge is 0.341 e. The van der Waals surface area contributed by atoms with E-state index in [0.717, 1.165) is 11.1 Å². The smallest absolute Gasteiger partial charge is 0.251 e. The summed E-state index contributed by atoms with van der Waals surface area (Å²) < 4.78 is 0. The SMILES string of the molecule is Cc1ccc(C(=O)NC(C(=O)Cl)C(C)C)cc1C. The van der Waals surface area contributed by atoms with Crippen LogP contribution in [0.5, 0.6) is 0 Å². The molecule has 0 fully saturated rings. The van der Waals surface area contributed by atoms with Gasteiger partial charge in [0, 0.05) is 5.56 Å². The molecule has 0 bridgehead atoms. The molecule has 0 saturated carbocycles. The van der Waals surface area contributed by atoms with Crippen molar-refractivity contribution < 1.29 is 9.59 Å². The first-order chi connectivity index (χ1) is 8.32. The molecule has 1 aromatic carbocycles. The summed E-state index contributed by atoms with van der Waals surface area (Å²) >= 11 is 5.47. The first-order valence-electron chi connectivity index (χ1n) is 5.90. The fraction of sp³-hybridized carbons (Fsp3) is 0.429. The number of nitrogens with one attached hydrogen (secondary N) is 1. The molecule has 0 aliphatic rings. The van der Waals surface area contributed by atoms with Crippen molar-refractivity contribution in [2.24, 2.45) is 5.92 Å². The molecule has 1 aromatic rings. The van der Waals surface area contributed by atoms with Crippen LogP contribution in [0.4, 0.5) is 0 Å². The quantitative estimate of drug-likeness (QED) is 0.853. The van der Waals surface area contributed by atoms with Crippen LogP contribution in [0, 0.1) is 19.8 Å². The number of benzene rings is 1. The standard InChI is InChI=1S/C14H18ClNO2/c1-8(2)12(13(15)17)16-14(18)11-6-5-9(3)10(4)7-11/h5-8,12H,1-4H3,(H,16,18). The van der Waals surface area contributed by atoms with E-state index in [1.807, 2.05) is 33.8 Å². The van der Waals surface area contributed by atoms with Crippen LogP contribution in [0.3, 0.4) is 0 Å². The third kappa shape index (κ3) is 3.57. The predicted molar refractivity (Wildman–Crippen MR) is 72.9 cm³/mol. The molecule has 0 spiro atoms. The van der Waals surface area contributed by atoms with E-state index in [2.05, 4.69) is 5.32 Å². The van der Waals surface area contributed by atoms with Crippen molar-refractivity contribution in [3.8, 4) is 0 Å². The summed E-state index contributed by atoms with van der Waals surface area (Å²) in [6.45, 7) is 7.60. The van der Waals surface area contributed by atoms with Crippen LogP contribution in [-0.2, 0) is 4.79 Å². The molecule has 4 heteroatoms. The van der Waals surface area contributed by atoms with Gasteiger partial charge in [-0.1, -0.05) is 19.9 Å². The number of carbonyl (C=O) groups excluding carboxylic acids is 2. The third-order valence-corrected chi connectivity index (χ3v) is 3.20. The summed E-state index contributed by atoms with van der Waals surface area (Å²) in [5, 5.41) is 2.12. The highest BCUT2D eigenvalue weighted by atomic mass is 35.5. The van der Waals surface area contributed by atoms with Gasteiger partial charge in [-0.2, -0.15) is 0 Å². The molecule has 1 rings (SSSR count). The van der Waals surface area contributed by atoms with E-state index in [0.29, 0.717) is 5.56 Å². The maximum absolute atomic E-state index is 12.0. The number of halogens is 1. The number of rotatable bonds is 4. The normalized spacial score (nSPS) is 12.3. The van der Waals surface area contributed by atoms with Crippen molar-refractivity contribution in [1.82, 2.24) is 5.32 Å². The number of amides is 1. The Labute approximate surface area is 113 Å². The van der Waals surface area contributed by atoms with Crippen LogP contribution in [0.2, 0.25) is 0 Å². The van der Waals surface area contributed by atoms with Crippen molar-refractivity contribution in [3.05, 3.63) is 34.9 Å². The maximum Gasteiger partial charge on any atom is 0.251 e. The van der Waals surface area contributed by atoms with Crippen molar-refractivity contribution in [1.29, 1.82) is 0 Å². The summed E-state index contributed by atoms with van der Waals surface area (Å²) in [5.74, 6) is -0.309. The second kappa shape index (κ2) is 6.01. The molecule has 0 radical (unpaired) electrons. The molecule has 0 heterocycles. The first-order valence-corrected chi connectivity index (χ1v) is 6.28. The van der Waals surface area contributed by atoms with E-state index in [9.17, 15) is 9.59 Å². The Kier molecular flexibility index (Phi) is 4.91. The van der Waals surface area contributed by atoms with Crippen LogP contribution < -0.4 is 5.32 Å². The molecular formula is C14H18ClNO2. The fourth-order valence-corrected chi connectivity index (χ4v) is 1.90. The lowest BCUT2D eigenvalue weighted by Gasteiger charge is -2.18. The Morgan fingerprint density at radius 2 is 1.78 bits per heavy atom. The van der Waals surface area contributed by atoms with E-state index in [1.165, 1.54) is 0 Å². The molecule has 0 aliphatic heterocycles. The zero-order valence-corrected chi connectivity index (χ0v) is 11.8. The molecule has 0 saturated heterocycles. The van der Waals surface area contributed by atoms with Gasteiger partial charge in [0.15, 0.2) is 0 Å². The second-order valence-electron chi connectivity index (χ2n) is 4.80. The average molecular weight is 268 g/mol. The van der Waals surface area contributed by atoms with E-state index in [4.69, 9.17) is 11.6 Å². The van der Waals surface area contributed by atoms with Gasteiger partial charge in [-0.3, -0.25) is 9.59 Å². The molecule has 0 aromatic heterocycles. The summed E-state index contributed by atoms with van der Waals surface area (Å²) in [7, 11) is 0. The Morgan fingerprint density at radius 1 is 1.17 bits per heavy atom. The van der Waals surface area contributed by atoms with Gasteiger partial charge in [0.25, 0.3) is 5.91 Å². The summed E-state index contributed by atoms with van der Waals surface area (Å²) in [4.78, 5) is 23.2. The number of aryl methyl sites for hydroxylation is 2. The zero-order valence-electron chi connectivity index (χ0n) is 11.1. The number of hydrogen-bond acceptors (Lipinski definition) is 2. The highest BCUT2D eigenvalue weighted by molar-refractivity contribution is 6.64. The molecule has 1 N–H and O–H groups in total. The van der Waals surface area contributed by atoms with Crippen LogP contribution in [-0.4, -0.2) is 17.2 Å². The van der Waals surface area contributed by atoms with Gasteiger partial charge in [-0.05, 0) is 54.6 Å². The molecule has 3 nitrogen and oxygen atoms in total. The highest BCUT2D eigenvalue weighted by Crippen LogP contribution is 2.11. The Bertz CT molecular complexity index is 469. The summed E-state index contributed by atoms with van der Waals surface area (Å²) in [5.41, 5.74) is 2.71. The van der Waals surface area contributed by atoms with Crippen LogP contribution in [0.15, 0.2) is 18.2 Å². The summed E-state index contributed by atoms with van der Waals surface area (Å²) in [6.07, 6.45) is 0. The van der Waals surface area contributed by atoms with E-state index in [1.54, 1.807) is 12.1 Å². The monoisotopic (exact) mass is 267 g/mol. The molecule has 1 amide bonds. The molecule has 1 atom stereocenters. The van der Waals surface area contributed by atoms with Crippen LogP contribution >= 0.6 is 11.6 Å². The van der Waals surface area contributed by atoms with Gasteiger partial charge in [0.1, 0.15) is 6.04 Å². The van der Waals surface area contributed by atoms with Gasteiger partial charge in [0.05, 0.1) is 0 Å². The number of hydrogen-bond donors (Lipinski definition) is 1. The van der Waals surface area contributed by atoms with Crippen molar-refractivity contribution in [2.75, 3.05) is 0 Å². The minimum atomic E-state index is -0.652. The lowest BCUT2D eigenvalue weighted by atomic mass is 10.0. The van der Waals surface area contributed by atoms with E-state index < -0.39 is 11.3 Å². The molecule has 18 heavy (non-hydrogen) atoms. The minimum absolute atomic E-state index is 0.0366. The van der Waals surface area contributed by atoms with Crippen LogP contribution in [0.1, 0.15) is 35.3 Å². The Hall–Kier alpha value is -1.35. The van der Waals surface area contributed by atoms with Crippen molar-refractivity contribution >= 4 is 22.8 Å². The van der Waals surface area contributed by atoms with Gasteiger partial charge in [-0.25, -0.2) is 0 Å². The maximum atomic E-state index is 12.0. The molecule has 1 unspecified atom stereocenters. The Balaban J connectivity index is 2.87. The van der Waals surface area contributed by atoms with Crippen molar-refractivity contribution in [2.45, 2.75) is 33.7 Å². The third-order valence-electron chi connectivity index (χ3n) is 2.97. The molecule has 0 aliphatic carbocycles. The van der Waals surface area contributed by atoms with Crippen molar-refractivity contribution in [3.63, 3.8) is 0 Å². The fourth-order valence-electron chi connectivity index (χ4n) is 1.59. The van der Waals surface area contributed by atoms with Gasteiger partial charge in [-0.15, -0.1) is 0 Å². The van der Waals surface area contributed by atoms with E-state index in [-0.39, 0.29) is 11.8 Å². The highest BCUT2D eigenvalue weighted by Gasteiger charge is 2.22. The number of carbonyl (C=O) groups is 2. The lowest BCUT2D eigenvalue weighted by Crippen LogP contribution is -2.42. The zero-order chi connectivity index (χ0) is 13.9. The first kappa shape index (κ1) is 14.7. The van der Waals surface area contributed by atoms with Crippen LogP contribution in [0.25, 0.3) is 0 Å². The minimum Gasteiger partial charge on any atom is -0.341 e. The lowest BCUT2D eigenvalue weighted by molar-refractivity contribution is -0.114. The topological polar surface area (TPSA) is 46.2 Å².